The molecule has 0 unspecified atom stereocenters. The molecule has 0 saturated carbocycles. The molecule has 1 amide bonds. The minimum absolute atomic E-state index is 0. The van der Waals surface area contributed by atoms with E-state index >= 15 is 0 Å². The van der Waals surface area contributed by atoms with Gasteiger partial charge in [0.1, 0.15) is 11.4 Å². The topological polar surface area (TPSA) is 102 Å². The summed E-state index contributed by atoms with van der Waals surface area (Å²) in [6.07, 6.45) is 4.37. The zero-order chi connectivity index (χ0) is 18.2. The normalized spacial score (nSPS) is 10.7. The first-order valence-corrected chi connectivity index (χ1v) is 7.62. The summed E-state index contributed by atoms with van der Waals surface area (Å²) >= 11 is 5.05. The number of carbonyl (C=O) groups is 2. The Labute approximate surface area is 174 Å². The molecule has 1 heterocycles. The molecule has 132 valence electrons. The van der Waals surface area contributed by atoms with Crippen molar-refractivity contribution in [3.05, 3.63) is 24.0 Å². The maximum absolute atomic E-state index is 11.4. The predicted octanol–water partition coefficient (Wildman–Crippen LogP) is -1.33. The van der Waals surface area contributed by atoms with Gasteiger partial charge in [-0.25, -0.2) is 14.6 Å². The number of anilines is 1. The maximum atomic E-state index is 11.4. The van der Waals surface area contributed by atoms with Crippen LogP contribution in [0, 0.1) is 0 Å². The largest absolute Gasteiger partial charge is 1.00 e. The van der Waals surface area contributed by atoms with Crippen LogP contribution < -0.4 is 40.2 Å². The van der Waals surface area contributed by atoms with E-state index in [1.165, 1.54) is 13.3 Å². The van der Waals surface area contributed by atoms with Gasteiger partial charge in [0.25, 0.3) is 0 Å². The zero-order valence-electron chi connectivity index (χ0n) is 15.1. The van der Waals surface area contributed by atoms with E-state index in [1.807, 2.05) is 0 Å². The van der Waals surface area contributed by atoms with Gasteiger partial charge in [-0.1, -0.05) is 12.2 Å². The van der Waals surface area contributed by atoms with Gasteiger partial charge in [0, 0.05) is 13.1 Å². The van der Waals surface area contributed by atoms with Gasteiger partial charge in [-0.2, -0.15) is 0 Å². The van der Waals surface area contributed by atoms with Crippen molar-refractivity contribution in [3.63, 3.8) is 0 Å². The third-order valence-corrected chi connectivity index (χ3v) is 2.74. The van der Waals surface area contributed by atoms with Crippen molar-refractivity contribution in [3.8, 4) is 0 Å². The Morgan fingerprint density at radius 1 is 1.28 bits per heavy atom. The minimum Gasteiger partial charge on any atom is -0.757 e. The van der Waals surface area contributed by atoms with E-state index in [2.05, 4.69) is 25.3 Å². The summed E-state index contributed by atoms with van der Waals surface area (Å²) in [5.41, 5.74) is -0.463. The molecule has 0 atom stereocenters. The van der Waals surface area contributed by atoms with Crippen LogP contribution in [0.1, 0.15) is 31.3 Å². The molecule has 1 rings (SSSR count). The summed E-state index contributed by atoms with van der Waals surface area (Å²) < 4.78 is 9.64. The van der Waals surface area contributed by atoms with Crippen LogP contribution in [0.25, 0.3) is 0 Å². The van der Waals surface area contributed by atoms with Crippen molar-refractivity contribution < 1.29 is 48.6 Å². The van der Waals surface area contributed by atoms with Gasteiger partial charge in [-0.05, 0) is 25.8 Å². The van der Waals surface area contributed by atoms with E-state index in [1.54, 1.807) is 32.9 Å². The Kier molecular flexibility index (Phi) is 10.6. The smallest absolute Gasteiger partial charge is 0.757 e. The number of nitrogens with zero attached hydrogens (tertiary/aromatic N) is 2. The van der Waals surface area contributed by atoms with Gasteiger partial charge in [0.2, 0.25) is 0 Å². The molecule has 0 aromatic carbocycles. The number of alkyl carbamates (subject to hydrolysis) is 1. The fraction of sp³-hybridized carbons (Fsp3) is 0.467. The molecule has 0 aliphatic rings. The van der Waals surface area contributed by atoms with Crippen LogP contribution in [0.3, 0.4) is 0 Å². The van der Waals surface area contributed by atoms with Gasteiger partial charge >= 0.3 is 41.6 Å². The number of rotatable bonds is 6. The van der Waals surface area contributed by atoms with Crippen LogP contribution >= 0.6 is 0 Å². The van der Waals surface area contributed by atoms with E-state index in [0.717, 1.165) is 0 Å². The van der Waals surface area contributed by atoms with Gasteiger partial charge in [0.15, 0.2) is 5.69 Å². The predicted molar refractivity (Wildman–Crippen MR) is 90.9 cm³/mol. The second-order valence-electron chi connectivity index (χ2n) is 5.64. The molecule has 0 aliphatic carbocycles. The van der Waals surface area contributed by atoms with E-state index in [9.17, 15) is 9.59 Å². The molecule has 0 saturated heterocycles. The molecular weight excluding hydrogens is 355 g/mol. The second-order valence-corrected chi connectivity index (χ2v) is 6.02. The number of aromatic nitrogens is 2. The third kappa shape index (κ3) is 9.59. The zero-order valence-corrected chi connectivity index (χ0v) is 17.9. The first-order valence-electron chi connectivity index (χ1n) is 7.21. The minimum atomic E-state index is -0.590. The van der Waals surface area contributed by atoms with E-state index in [-0.39, 0.29) is 40.3 Å². The van der Waals surface area contributed by atoms with Gasteiger partial charge in [-0.3, -0.25) is 4.98 Å². The molecule has 10 heteroatoms. The van der Waals surface area contributed by atoms with E-state index in [0.29, 0.717) is 18.9 Å². The summed E-state index contributed by atoms with van der Waals surface area (Å²) in [7, 11) is 1.26. The average Bonchev–Trinajstić information content (AvgIpc) is 2.49. The van der Waals surface area contributed by atoms with E-state index < -0.39 is 17.7 Å². The summed E-state index contributed by atoms with van der Waals surface area (Å²) in [6.45, 7) is 6.16. The van der Waals surface area contributed by atoms with Crippen LogP contribution in [0.5, 0.6) is 0 Å². The number of amides is 1. The molecule has 0 bridgehead atoms. The van der Waals surface area contributed by atoms with Crippen LogP contribution in [-0.2, 0) is 22.1 Å². The van der Waals surface area contributed by atoms with Gasteiger partial charge < -0.3 is 32.7 Å². The fourth-order valence-electron chi connectivity index (χ4n) is 1.48. The molecule has 0 spiro atoms. The molecule has 8 nitrogen and oxygen atoms in total. The van der Waals surface area contributed by atoms with Crippen molar-refractivity contribution in [2.75, 3.05) is 25.5 Å². The van der Waals surface area contributed by atoms with Crippen LogP contribution in [0.4, 0.5) is 10.6 Å². The summed E-state index contributed by atoms with van der Waals surface area (Å²) in [5.74, 6) is -0.198. The molecule has 0 radical (unpaired) electrons. The van der Waals surface area contributed by atoms with Gasteiger partial charge in [0.05, 0.1) is 13.3 Å². The number of methoxy groups -OCH3 is 1. The second kappa shape index (κ2) is 11.2. The number of hydrogen-bond acceptors (Lipinski definition) is 8. The Morgan fingerprint density at radius 3 is 2.48 bits per heavy atom. The molecule has 1 aromatic heterocycles. The third-order valence-electron chi connectivity index (χ3n) is 2.45. The summed E-state index contributed by atoms with van der Waals surface area (Å²) in [5, 5.41) is 5.74. The van der Waals surface area contributed by atoms with Crippen LogP contribution in [0.15, 0.2) is 23.4 Å². The molecule has 2 N–H and O–H groups in total. The first kappa shape index (κ1) is 23.6. The number of esters is 1. The fourth-order valence-corrected chi connectivity index (χ4v) is 1.70. The van der Waals surface area contributed by atoms with Crippen LogP contribution in [-0.4, -0.2) is 47.8 Å². The Hall–Kier alpha value is -1.42. The average molecular weight is 376 g/mol. The monoisotopic (exact) mass is 376 g/mol. The summed E-state index contributed by atoms with van der Waals surface area (Å²) in [4.78, 5) is 30.7. The van der Waals surface area contributed by atoms with Crippen molar-refractivity contribution in [2.45, 2.75) is 31.4 Å². The van der Waals surface area contributed by atoms with Crippen LogP contribution in [0.2, 0.25) is 0 Å². The molecule has 0 aliphatic heterocycles. The standard InChI is InChI=1S/C15H22N4O4S.Na/c1-15(2,3)23-14(21)17-8-6-5-7-16-11-12(24)19-10(9-18-11)13(20)22-4;/h5-6,9H,7-8H2,1-4H3,(H,16,18)(H,17,21)(H,19,24);/q;+1/p-1/b6-5+;. The first-order chi connectivity index (χ1) is 11.2. The number of hydrogen-bond donors (Lipinski definition) is 2. The van der Waals surface area contributed by atoms with Crippen molar-refractivity contribution in [2.24, 2.45) is 0 Å². The quantitative estimate of drug-likeness (QED) is 0.272. The molecule has 1 aromatic rings. The summed E-state index contributed by atoms with van der Waals surface area (Å²) in [6, 6.07) is 0. The Morgan fingerprint density at radius 2 is 1.92 bits per heavy atom. The Balaban J connectivity index is 0.00000576. The van der Waals surface area contributed by atoms with Gasteiger partial charge in [-0.15, -0.1) is 0 Å². The number of ether oxygens (including phenoxy) is 2. The number of nitrogens with one attached hydrogen (secondary N) is 2. The Bertz CT molecular complexity index is 620. The maximum Gasteiger partial charge on any atom is 1.00 e. The number of carbonyl (C=O) groups excluding carboxylic acids is 2. The van der Waals surface area contributed by atoms with Crippen molar-refractivity contribution >= 4 is 30.5 Å². The van der Waals surface area contributed by atoms with Crippen molar-refractivity contribution in [1.82, 2.24) is 15.3 Å². The van der Waals surface area contributed by atoms with Crippen molar-refractivity contribution in [1.29, 1.82) is 0 Å². The molecule has 0 fully saturated rings. The molecule has 25 heavy (non-hydrogen) atoms. The molecular formula is C15H21N4NaO4S. The van der Waals surface area contributed by atoms with E-state index in [4.69, 9.17) is 17.4 Å². The SMILES string of the molecule is COC(=O)c1cnc(NC/C=C/CNC(=O)OC(C)(C)C)c([S-])n1.[Na+].